The lowest BCUT2D eigenvalue weighted by Crippen LogP contribution is -2.33. The van der Waals surface area contributed by atoms with E-state index in [-0.39, 0.29) is 5.75 Å². The van der Waals surface area contributed by atoms with Gasteiger partial charge in [-0.15, -0.1) is 0 Å². The summed E-state index contributed by atoms with van der Waals surface area (Å²) < 4.78 is 0. The molecule has 1 aliphatic carbocycles. The monoisotopic (exact) mass is 423 g/mol. The van der Waals surface area contributed by atoms with Crippen LogP contribution in [0.15, 0.2) is 54.7 Å². The summed E-state index contributed by atoms with van der Waals surface area (Å²) in [6.45, 7) is 0.561. The van der Waals surface area contributed by atoms with E-state index in [4.69, 9.17) is 22.3 Å². The molecule has 1 fully saturated rings. The number of nitrogens with zero attached hydrogens (tertiary/aromatic N) is 2. The molecule has 0 bridgehead atoms. The van der Waals surface area contributed by atoms with E-state index in [1.165, 1.54) is 0 Å². The summed E-state index contributed by atoms with van der Waals surface area (Å²) in [7, 11) is 0. The van der Waals surface area contributed by atoms with Crippen molar-refractivity contribution >= 4 is 23.2 Å². The van der Waals surface area contributed by atoms with Crippen LogP contribution >= 0.6 is 11.6 Å². The fourth-order valence-electron chi connectivity index (χ4n) is 3.73. The number of nitrogens with one attached hydrogen (secondary N) is 2. The first kappa shape index (κ1) is 20.4. The SMILES string of the molecule is NC1CCC(Nc2cc(-c3cccc(NCc4cccc(O)c4)n3)c(Cl)cn2)CC1. The van der Waals surface area contributed by atoms with Gasteiger partial charge in [0, 0.05) is 30.4 Å². The summed E-state index contributed by atoms with van der Waals surface area (Å²) in [5, 5.41) is 17.0. The molecule has 6 nitrogen and oxygen atoms in total. The van der Waals surface area contributed by atoms with Gasteiger partial charge in [0.2, 0.25) is 0 Å². The standard InChI is InChI=1S/C23H26ClN5O/c24-20-14-27-23(28-17-9-7-16(25)8-10-17)12-19(20)21-5-2-6-22(29-21)26-13-15-3-1-4-18(30)11-15/h1-6,11-12,14,16-17,30H,7-10,13,25H2,(H,26,29)(H,27,28). The summed E-state index contributed by atoms with van der Waals surface area (Å²) in [6, 6.07) is 15.6. The first-order chi connectivity index (χ1) is 14.6. The van der Waals surface area contributed by atoms with E-state index in [1.54, 1.807) is 18.3 Å². The Kier molecular flexibility index (Phi) is 6.35. The highest BCUT2D eigenvalue weighted by Crippen LogP contribution is 2.30. The number of hydrogen-bond donors (Lipinski definition) is 4. The van der Waals surface area contributed by atoms with Crippen LogP contribution < -0.4 is 16.4 Å². The summed E-state index contributed by atoms with van der Waals surface area (Å²) in [4.78, 5) is 9.15. The molecule has 0 atom stereocenters. The predicted molar refractivity (Wildman–Crippen MR) is 122 cm³/mol. The minimum absolute atomic E-state index is 0.250. The van der Waals surface area contributed by atoms with Gasteiger partial charge in [0.05, 0.1) is 10.7 Å². The Morgan fingerprint density at radius 2 is 1.83 bits per heavy atom. The predicted octanol–water partition coefficient (Wildman–Crippen LogP) is 4.80. The van der Waals surface area contributed by atoms with Crippen molar-refractivity contribution < 1.29 is 5.11 Å². The van der Waals surface area contributed by atoms with Crippen molar-refractivity contribution in [2.75, 3.05) is 10.6 Å². The third kappa shape index (κ3) is 5.20. The normalized spacial score (nSPS) is 18.7. The maximum absolute atomic E-state index is 9.61. The average Bonchev–Trinajstić information content (AvgIpc) is 2.75. The van der Waals surface area contributed by atoms with Gasteiger partial charge >= 0.3 is 0 Å². The number of aromatic nitrogens is 2. The molecule has 1 aromatic carbocycles. The van der Waals surface area contributed by atoms with Crippen LogP contribution in [-0.4, -0.2) is 27.2 Å². The number of nitrogens with two attached hydrogens (primary N) is 1. The van der Waals surface area contributed by atoms with E-state index in [9.17, 15) is 5.11 Å². The lowest BCUT2D eigenvalue weighted by atomic mass is 9.92. The van der Waals surface area contributed by atoms with Crippen molar-refractivity contribution in [1.29, 1.82) is 0 Å². The van der Waals surface area contributed by atoms with Crippen molar-refractivity contribution in [1.82, 2.24) is 9.97 Å². The fourth-order valence-corrected chi connectivity index (χ4v) is 3.93. The van der Waals surface area contributed by atoms with E-state index in [0.717, 1.165) is 54.1 Å². The zero-order chi connectivity index (χ0) is 20.9. The van der Waals surface area contributed by atoms with E-state index in [1.807, 2.05) is 36.4 Å². The molecule has 0 radical (unpaired) electrons. The van der Waals surface area contributed by atoms with Crippen molar-refractivity contribution in [2.24, 2.45) is 5.73 Å². The smallest absolute Gasteiger partial charge is 0.126 e. The third-order valence-corrected chi connectivity index (χ3v) is 5.69. The number of phenols is 1. The van der Waals surface area contributed by atoms with Gasteiger partial charge in [-0.05, 0) is 61.6 Å². The highest BCUT2D eigenvalue weighted by atomic mass is 35.5. The van der Waals surface area contributed by atoms with Crippen LogP contribution in [0.3, 0.4) is 0 Å². The number of benzene rings is 1. The van der Waals surface area contributed by atoms with Crippen molar-refractivity contribution in [3.05, 3.63) is 65.3 Å². The summed E-state index contributed by atoms with van der Waals surface area (Å²) in [5.74, 6) is 1.79. The van der Waals surface area contributed by atoms with Crippen LogP contribution in [0.2, 0.25) is 5.02 Å². The Labute approximate surface area is 181 Å². The van der Waals surface area contributed by atoms with Gasteiger partial charge < -0.3 is 21.5 Å². The van der Waals surface area contributed by atoms with E-state index < -0.39 is 0 Å². The molecule has 0 saturated heterocycles. The number of halogens is 1. The van der Waals surface area contributed by atoms with Crippen LogP contribution in [-0.2, 0) is 6.54 Å². The molecule has 0 aliphatic heterocycles. The molecule has 0 unspecified atom stereocenters. The number of phenolic OH excluding ortho intramolecular Hbond substituents is 1. The van der Waals surface area contributed by atoms with Crippen LogP contribution in [0, 0.1) is 0 Å². The minimum atomic E-state index is 0.250. The molecular formula is C23H26ClN5O. The van der Waals surface area contributed by atoms with Gasteiger partial charge in [0.25, 0.3) is 0 Å². The van der Waals surface area contributed by atoms with Crippen LogP contribution in [0.25, 0.3) is 11.3 Å². The second-order valence-electron chi connectivity index (χ2n) is 7.74. The number of anilines is 2. The molecule has 7 heteroatoms. The maximum Gasteiger partial charge on any atom is 0.126 e. The second-order valence-corrected chi connectivity index (χ2v) is 8.14. The number of pyridine rings is 2. The highest BCUT2D eigenvalue weighted by Gasteiger charge is 2.19. The molecule has 156 valence electrons. The van der Waals surface area contributed by atoms with Crippen molar-refractivity contribution in [3.8, 4) is 17.0 Å². The lowest BCUT2D eigenvalue weighted by Gasteiger charge is -2.27. The molecule has 5 N–H and O–H groups in total. The van der Waals surface area contributed by atoms with Crippen LogP contribution in [0.5, 0.6) is 5.75 Å². The van der Waals surface area contributed by atoms with E-state index in [2.05, 4.69) is 15.6 Å². The molecule has 30 heavy (non-hydrogen) atoms. The quantitative estimate of drug-likeness (QED) is 0.455. The largest absolute Gasteiger partial charge is 0.508 e. The molecule has 1 aliphatic rings. The Hall–Kier alpha value is -2.83. The molecular weight excluding hydrogens is 398 g/mol. The molecule has 2 heterocycles. The highest BCUT2D eigenvalue weighted by molar-refractivity contribution is 6.33. The summed E-state index contributed by atoms with van der Waals surface area (Å²) in [6.07, 6.45) is 5.84. The minimum Gasteiger partial charge on any atom is -0.508 e. The zero-order valence-electron chi connectivity index (χ0n) is 16.7. The molecule has 0 amide bonds. The van der Waals surface area contributed by atoms with Gasteiger partial charge in [0.1, 0.15) is 17.4 Å². The fraction of sp³-hybridized carbons (Fsp3) is 0.304. The topological polar surface area (TPSA) is 96.1 Å². The Balaban J connectivity index is 1.48. The van der Waals surface area contributed by atoms with Gasteiger partial charge in [-0.2, -0.15) is 0 Å². The lowest BCUT2D eigenvalue weighted by molar-refractivity contribution is 0.410. The molecule has 4 rings (SSSR count). The van der Waals surface area contributed by atoms with Gasteiger partial charge in [-0.1, -0.05) is 29.8 Å². The van der Waals surface area contributed by atoms with Crippen molar-refractivity contribution in [3.63, 3.8) is 0 Å². The second kappa shape index (κ2) is 9.32. The summed E-state index contributed by atoms with van der Waals surface area (Å²) in [5.41, 5.74) is 8.59. The number of hydrogen-bond acceptors (Lipinski definition) is 6. The van der Waals surface area contributed by atoms with Gasteiger partial charge in [-0.25, -0.2) is 9.97 Å². The first-order valence-corrected chi connectivity index (χ1v) is 10.6. The number of aromatic hydroxyl groups is 1. The summed E-state index contributed by atoms with van der Waals surface area (Å²) >= 11 is 6.44. The Bertz CT molecular complexity index is 1000. The maximum atomic E-state index is 9.61. The van der Waals surface area contributed by atoms with Crippen LogP contribution in [0.4, 0.5) is 11.6 Å². The average molecular weight is 424 g/mol. The van der Waals surface area contributed by atoms with E-state index >= 15 is 0 Å². The molecule has 0 spiro atoms. The van der Waals surface area contributed by atoms with Crippen molar-refractivity contribution in [2.45, 2.75) is 44.3 Å². The number of rotatable bonds is 6. The Morgan fingerprint density at radius 1 is 1.03 bits per heavy atom. The third-order valence-electron chi connectivity index (χ3n) is 5.39. The zero-order valence-corrected chi connectivity index (χ0v) is 17.4. The van der Waals surface area contributed by atoms with Gasteiger partial charge in [0.15, 0.2) is 0 Å². The van der Waals surface area contributed by atoms with Gasteiger partial charge in [-0.3, -0.25) is 0 Å². The first-order valence-electron chi connectivity index (χ1n) is 10.2. The van der Waals surface area contributed by atoms with E-state index in [0.29, 0.717) is 23.7 Å². The molecule has 1 saturated carbocycles. The molecule has 3 aromatic rings. The molecule has 2 aromatic heterocycles. The van der Waals surface area contributed by atoms with Crippen LogP contribution in [0.1, 0.15) is 31.2 Å². The Morgan fingerprint density at radius 3 is 2.63 bits per heavy atom.